The van der Waals surface area contributed by atoms with E-state index in [1.54, 1.807) is 18.4 Å². The largest absolute Gasteiger partial charge is 0.494 e. The van der Waals surface area contributed by atoms with E-state index in [1.165, 1.54) is 30.7 Å². The van der Waals surface area contributed by atoms with Gasteiger partial charge < -0.3 is 9.47 Å². The molecule has 1 aromatic heterocycles. The Labute approximate surface area is 150 Å². The Morgan fingerprint density at radius 1 is 1.54 bits per heavy atom. The van der Waals surface area contributed by atoms with Crippen LogP contribution in [0.2, 0.25) is 0 Å². The molecule has 0 amide bonds. The van der Waals surface area contributed by atoms with Crippen LogP contribution in [-0.4, -0.2) is 30.9 Å². The van der Waals surface area contributed by atoms with Crippen molar-refractivity contribution in [2.24, 2.45) is 5.10 Å². The van der Waals surface area contributed by atoms with Crippen LogP contribution in [0.4, 0.5) is 9.52 Å². The Hall–Kier alpha value is -2.00. The molecule has 0 aliphatic heterocycles. The smallest absolute Gasteiger partial charge is 0.311 e. The summed E-state index contributed by atoms with van der Waals surface area (Å²) in [4.78, 5) is 15.6. The summed E-state index contributed by atoms with van der Waals surface area (Å²) in [5, 5.41) is 6.19. The highest BCUT2D eigenvalue weighted by Crippen LogP contribution is 2.26. The molecule has 2 rings (SSSR count). The number of carbonyl (C=O) groups excluding carboxylic acids is 1. The molecule has 0 spiro atoms. The molecule has 0 bridgehead atoms. The standard InChI is InChI=1S/C15H15BrFN3O3S/c1-3-23-13(21)6-9-8-24-15(19-9)20-18-7-10-11(16)4-5-12(22-2)14(10)17/h4-5,7-8H,3,6H2,1-2H3,(H,19,20). The second-order valence-electron chi connectivity index (χ2n) is 4.47. The molecule has 0 fully saturated rings. The highest BCUT2D eigenvalue weighted by Gasteiger charge is 2.11. The molecule has 0 unspecified atom stereocenters. The number of hydrazone groups is 1. The Morgan fingerprint density at radius 2 is 2.33 bits per heavy atom. The number of esters is 1. The quantitative estimate of drug-likeness (QED) is 0.424. The Morgan fingerprint density at radius 3 is 3.04 bits per heavy atom. The van der Waals surface area contributed by atoms with E-state index in [9.17, 15) is 9.18 Å². The van der Waals surface area contributed by atoms with Crippen LogP contribution >= 0.6 is 27.3 Å². The number of nitrogens with one attached hydrogen (secondary N) is 1. The van der Waals surface area contributed by atoms with Gasteiger partial charge in [-0.3, -0.25) is 10.2 Å². The molecule has 24 heavy (non-hydrogen) atoms. The fourth-order valence-electron chi connectivity index (χ4n) is 1.78. The fraction of sp³-hybridized carbons (Fsp3) is 0.267. The molecule has 0 radical (unpaired) electrons. The van der Waals surface area contributed by atoms with Crippen LogP contribution in [0.25, 0.3) is 0 Å². The molecule has 2 aromatic rings. The van der Waals surface area contributed by atoms with Gasteiger partial charge in [0.05, 0.1) is 32.0 Å². The number of methoxy groups -OCH3 is 1. The number of hydrogen-bond donors (Lipinski definition) is 1. The Balaban J connectivity index is 2.02. The van der Waals surface area contributed by atoms with Gasteiger partial charge in [-0.1, -0.05) is 15.9 Å². The van der Waals surface area contributed by atoms with Crippen LogP contribution in [0.1, 0.15) is 18.2 Å². The predicted octanol–water partition coefficient (Wildman–Crippen LogP) is 3.60. The average Bonchev–Trinajstić information content (AvgIpc) is 2.98. The maximum absolute atomic E-state index is 14.1. The van der Waals surface area contributed by atoms with Gasteiger partial charge in [-0.15, -0.1) is 11.3 Å². The van der Waals surface area contributed by atoms with Crippen molar-refractivity contribution in [1.29, 1.82) is 0 Å². The number of anilines is 1. The molecule has 0 atom stereocenters. The van der Waals surface area contributed by atoms with E-state index in [0.29, 0.717) is 21.9 Å². The lowest BCUT2D eigenvalue weighted by molar-refractivity contribution is -0.142. The van der Waals surface area contributed by atoms with Crippen LogP contribution in [-0.2, 0) is 16.0 Å². The summed E-state index contributed by atoms with van der Waals surface area (Å²) in [6.45, 7) is 2.08. The summed E-state index contributed by atoms with van der Waals surface area (Å²) >= 11 is 4.55. The lowest BCUT2D eigenvalue weighted by atomic mass is 10.2. The van der Waals surface area contributed by atoms with Crippen molar-refractivity contribution < 1.29 is 18.7 Å². The zero-order valence-electron chi connectivity index (χ0n) is 13.0. The second-order valence-corrected chi connectivity index (χ2v) is 6.19. The van der Waals surface area contributed by atoms with E-state index in [4.69, 9.17) is 9.47 Å². The minimum absolute atomic E-state index is 0.103. The van der Waals surface area contributed by atoms with E-state index in [2.05, 4.69) is 31.4 Å². The number of benzene rings is 1. The molecule has 0 aliphatic rings. The third-order valence-electron chi connectivity index (χ3n) is 2.85. The first-order valence-corrected chi connectivity index (χ1v) is 8.63. The first-order valence-electron chi connectivity index (χ1n) is 6.96. The van der Waals surface area contributed by atoms with Gasteiger partial charge in [0.25, 0.3) is 0 Å². The molecule has 1 N–H and O–H groups in total. The number of ether oxygens (including phenoxy) is 2. The van der Waals surface area contributed by atoms with Crippen molar-refractivity contribution in [2.45, 2.75) is 13.3 Å². The molecule has 128 valence electrons. The van der Waals surface area contributed by atoms with E-state index in [-0.39, 0.29) is 23.7 Å². The average molecular weight is 416 g/mol. The zero-order chi connectivity index (χ0) is 17.5. The fourth-order valence-corrected chi connectivity index (χ4v) is 2.84. The lowest BCUT2D eigenvalue weighted by Gasteiger charge is -2.05. The van der Waals surface area contributed by atoms with Gasteiger partial charge in [0.2, 0.25) is 5.13 Å². The van der Waals surface area contributed by atoms with Gasteiger partial charge in [0.15, 0.2) is 11.6 Å². The summed E-state index contributed by atoms with van der Waals surface area (Å²) in [5.74, 6) is -0.717. The molecule has 0 saturated heterocycles. The van der Waals surface area contributed by atoms with Crippen molar-refractivity contribution in [3.8, 4) is 5.75 Å². The maximum atomic E-state index is 14.1. The molecule has 0 saturated carbocycles. The van der Waals surface area contributed by atoms with Crippen LogP contribution < -0.4 is 10.2 Å². The number of nitrogens with zero attached hydrogens (tertiary/aromatic N) is 2. The molecule has 1 heterocycles. The van der Waals surface area contributed by atoms with Crippen molar-refractivity contribution >= 4 is 44.6 Å². The minimum Gasteiger partial charge on any atom is -0.494 e. The van der Waals surface area contributed by atoms with Crippen molar-refractivity contribution in [3.05, 3.63) is 39.1 Å². The van der Waals surface area contributed by atoms with Crippen LogP contribution in [0.5, 0.6) is 5.75 Å². The first-order chi connectivity index (χ1) is 11.5. The van der Waals surface area contributed by atoms with Gasteiger partial charge in [-0.2, -0.15) is 5.10 Å². The molecule has 6 nitrogen and oxygen atoms in total. The highest BCUT2D eigenvalue weighted by molar-refractivity contribution is 9.10. The van der Waals surface area contributed by atoms with E-state index in [1.807, 2.05) is 0 Å². The molecule has 0 aliphatic carbocycles. The summed E-state index contributed by atoms with van der Waals surface area (Å²) in [6, 6.07) is 3.19. The number of aromatic nitrogens is 1. The van der Waals surface area contributed by atoms with Crippen LogP contribution in [0.15, 0.2) is 27.1 Å². The maximum Gasteiger partial charge on any atom is 0.311 e. The van der Waals surface area contributed by atoms with Gasteiger partial charge in [0.1, 0.15) is 0 Å². The Bertz CT molecular complexity index is 752. The number of carbonyl (C=O) groups is 1. The molecule has 9 heteroatoms. The van der Waals surface area contributed by atoms with E-state index < -0.39 is 5.82 Å². The van der Waals surface area contributed by atoms with Gasteiger partial charge >= 0.3 is 5.97 Å². The van der Waals surface area contributed by atoms with Crippen molar-refractivity contribution in [3.63, 3.8) is 0 Å². The van der Waals surface area contributed by atoms with Crippen molar-refractivity contribution in [2.75, 3.05) is 19.1 Å². The first kappa shape index (κ1) is 18.3. The van der Waals surface area contributed by atoms with Gasteiger partial charge in [0, 0.05) is 15.4 Å². The Kier molecular flexibility index (Phi) is 6.68. The summed E-state index contributed by atoms with van der Waals surface area (Å²) in [6.07, 6.45) is 1.43. The lowest BCUT2D eigenvalue weighted by Crippen LogP contribution is -2.07. The number of hydrogen-bond acceptors (Lipinski definition) is 7. The van der Waals surface area contributed by atoms with E-state index in [0.717, 1.165) is 0 Å². The minimum atomic E-state index is -0.514. The third kappa shape index (κ3) is 4.75. The number of rotatable bonds is 7. The van der Waals surface area contributed by atoms with Crippen molar-refractivity contribution in [1.82, 2.24) is 4.98 Å². The SMILES string of the molecule is CCOC(=O)Cc1csc(NN=Cc2c(Br)ccc(OC)c2F)n1. The van der Waals surface area contributed by atoms with E-state index >= 15 is 0 Å². The predicted molar refractivity (Wildman–Crippen MR) is 94.3 cm³/mol. The monoisotopic (exact) mass is 415 g/mol. The van der Waals surface area contributed by atoms with Gasteiger partial charge in [-0.05, 0) is 19.1 Å². The number of thiazole rings is 1. The van der Waals surface area contributed by atoms with Gasteiger partial charge in [-0.25, -0.2) is 9.37 Å². The molecular weight excluding hydrogens is 401 g/mol. The normalized spacial score (nSPS) is 10.8. The number of halogens is 2. The zero-order valence-corrected chi connectivity index (χ0v) is 15.4. The summed E-state index contributed by atoms with van der Waals surface area (Å²) < 4.78 is 24.5. The van der Waals surface area contributed by atoms with Crippen LogP contribution in [0.3, 0.4) is 0 Å². The second kappa shape index (κ2) is 8.74. The van der Waals surface area contributed by atoms with Crippen LogP contribution in [0, 0.1) is 5.82 Å². The highest BCUT2D eigenvalue weighted by atomic mass is 79.9. The third-order valence-corrected chi connectivity index (χ3v) is 4.33. The molecular formula is C15H15BrFN3O3S. The summed E-state index contributed by atoms with van der Waals surface area (Å²) in [5.41, 5.74) is 3.55. The topological polar surface area (TPSA) is 72.8 Å². The molecule has 1 aromatic carbocycles. The summed E-state index contributed by atoms with van der Waals surface area (Å²) in [7, 11) is 1.39.